The molecule has 7 heteroatoms. The maximum absolute atomic E-state index is 12.7. The molecule has 2 aromatic carbocycles. The SMILES string of the molecule is Cc1ccccc1C(=O)N[C@H](C(=O)NNC(=O)c1oc2ccccc2c1C)C(C)C. The molecule has 156 valence electrons. The number of furan rings is 1. The van der Waals surface area contributed by atoms with Gasteiger partial charge in [0.05, 0.1) is 0 Å². The van der Waals surface area contributed by atoms with Gasteiger partial charge in [0.2, 0.25) is 0 Å². The highest BCUT2D eigenvalue weighted by atomic mass is 16.3. The Morgan fingerprint density at radius 2 is 1.53 bits per heavy atom. The highest BCUT2D eigenvalue weighted by Gasteiger charge is 2.26. The van der Waals surface area contributed by atoms with Gasteiger partial charge in [0.25, 0.3) is 11.8 Å². The Bertz CT molecular complexity index is 1100. The molecule has 3 aromatic rings. The number of hydrazine groups is 1. The average Bonchev–Trinajstić information content (AvgIpc) is 3.07. The van der Waals surface area contributed by atoms with Crippen molar-refractivity contribution >= 4 is 28.7 Å². The number of hydrogen-bond donors (Lipinski definition) is 3. The zero-order valence-electron chi connectivity index (χ0n) is 17.4. The molecule has 0 spiro atoms. The summed E-state index contributed by atoms with van der Waals surface area (Å²) in [5.74, 6) is -1.50. The topological polar surface area (TPSA) is 100 Å². The molecule has 1 heterocycles. The fourth-order valence-corrected chi connectivity index (χ4v) is 3.23. The summed E-state index contributed by atoms with van der Waals surface area (Å²) in [7, 11) is 0. The van der Waals surface area contributed by atoms with Crippen LogP contribution in [0.4, 0.5) is 0 Å². The molecule has 0 aliphatic heterocycles. The van der Waals surface area contributed by atoms with E-state index in [-0.39, 0.29) is 17.6 Å². The molecule has 3 rings (SSSR count). The van der Waals surface area contributed by atoms with E-state index in [1.54, 1.807) is 25.1 Å². The van der Waals surface area contributed by atoms with Crippen LogP contribution in [-0.4, -0.2) is 23.8 Å². The average molecular weight is 407 g/mol. The van der Waals surface area contributed by atoms with Crippen LogP contribution in [-0.2, 0) is 4.79 Å². The fourth-order valence-electron chi connectivity index (χ4n) is 3.23. The van der Waals surface area contributed by atoms with Crippen LogP contribution in [0, 0.1) is 19.8 Å². The molecule has 7 nitrogen and oxygen atoms in total. The van der Waals surface area contributed by atoms with Gasteiger partial charge in [0.15, 0.2) is 5.76 Å². The minimum absolute atomic E-state index is 0.126. The number of rotatable bonds is 5. The van der Waals surface area contributed by atoms with Crippen LogP contribution < -0.4 is 16.2 Å². The summed E-state index contributed by atoms with van der Waals surface area (Å²) < 4.78 is 5.60. The highest BCUT2D eigenvalue weighted by molar-refractivity contribution is 6.01. The molecule has 0 bridgehead atoms. The number of fused-ring (bicyclic) bond motifs is 1. The largest absolute Gasteiger partial charge is 0.451 e. The monoisotopic (exact) mass is 407 g/mol. The summed E-state index contributed by atoms with van der Waals surface area (Å²) >= 11 is 0. The summed E-state index contributed by atoms with van der Waals surface area (Å²) in [4.78, 5) is 37.8. The molecule has 0 unspecified atom stereocenters. The number of carbonyl (C=O) groups is 3. The summed E-state index contributed by atoms with van der Waals surface area (Å²) in [6.45, 7) is 7.23. The number of amides is 3. The zero-order chi connectivity index (χ0) is 21.8. The third kappa shape index (κ3) is 4.35. The summed E-state index contributed by atoms with van der Waals surface area (Å²) in [5.41, 5.74) is 7.36. The maximum Gasteiger partial charge on any atom is 0.305 e. The van der Waals surface area contributed by atoms with E-state index in [0.29, 0.717) is 16.7 Å². The van der Waals surface area contributed by atoms with Gasteiger partial charge in [-0.15, -0.1) is 0 Å². The number of benzene rings is 2. The van der Waals surface area contributed by atoms with E-state index in [4.69, 9.17) is 4.42 Å². The Labute approximate surface area is 174 Å². The summed E-state index contributed by atoms with van der Waals surface area (Å²) in [5, 5.41) is 3.58. The van der Waals surface area contributed by atoms with Gasteiger partial charge in [0, 0.05) is 16.5 Å². The molecule has 0 fully saturated rings. The van der Waals surface area contributed by atoms with E-state index in [0.717, 1.165) is 10.9 Å². The van der Waals surface area contributed by atoms with Gasteiger partial charge >= 0.3 is 5.91 Å². The van der Waals surface area contributed by atoms with E-state index in [2.05, 4.69) is 16.2 Å². The van der Waals surface area contributed by atoms with Crippen molar-refractivity contribution in [3.05, 3.63) is 71.0 Å². The smallest absolute Gasteiger partial charge is 0.305 e. The number of nitrogens with one attached hydrogen (secondary N) is 3. The molecule has 3 amide bonds. The van der Waals surface area contributed by atoms with Gasteiger partial charge in [-0.1, -0.05) is 50.2 Å². The lowest BCUT2D eigenvalue weighted by Gasteiger charge is -2.22. The predicted octanol–water partition coefficient (Wildman–Crippen LogP) is 3.27. The van der Waals surface area contributed by atoms with Crippen molar-refractivity contribution in [1.29, 1.82) is 0 Å². The normalized spacial score (nSPS) is 11.9. The van der Waals surface area contributed by atoms with Crippen molar-refractivity contribution in [3.8, 4) is 0 Å². The Kier molecular flexibility index (Phi) is 6.20. The Hall–Kier alpha value is -3.61. The lowest BCUT2D eigenvalue weighted by atomic mass is 10.0. The van der Waals surface area contributed by atoms with Crippen molar-refractivity contribution in [2.24, 2.45) is 5.92 Å². The number of carbonyl (C=O) groups excluding carboxylic acids is 3. The molecule has 0 saturated carbocycles. The first-order chi connectivity index (χ1) is 14.3. The highest BCUT2D eigenvalue weighted by Crippen LogP contribution is 2.24. The molecule has 0 saturated heterocycles. The van der Waals surface area contributed by atoms with Crippen molar-refractivity contribution in [2.45, 2.75) is 33.7 Å². The molecule has 0 radical (unpaired) electrons. The second kappa shape index (κ2) is 8.82. The molecule has 0 aliphatic rings. The minimum Gasteiger partial charge on any atom is -0.451 e. The van der Waals surface area contributed by atoms with Crippen LogP contribution in [0.15, 0.2) is 52.9 Å². The Morgan fingerprint density at radius 1 is 0.867 bits per heavy atom. The van der Waals surface area contributed by atoms with Crippen molar-refractivity contribution in [2.75, 3.05) is 0 Å². The standard InChI is InChI=1S/C23H25N3O4/c1-13(2)19(24-21(27)16-10-6-5-9-14(16)3)22(28)25-26-23(29)20-15(4)17-11-7-8-12-18(17)30-20/h5-13,19H,1-4H3,(H,24,27)(H,25,28)(H,26,29)/t19-/m0/s1. The van der Waals surface area contributed by atoms with E-state index in [1.807, 2.05) is 51.1 Å². The molecule has 30 heavy (non-hydrogen) atoms. The lowest BCUT2D eigenvalue weighted by Crippen LogP contribution is -2.54. The lowest BCUT2D eigenvalue weighted by molar-refractivity contribution is -0.124. The number of hydrogen-bond acceptors (Lipinski definition) is 4. The number of aryl methyl sites for hydroxylation is 2. The molecule has 1 aromatic heterocycles. The van der Waals surface area contributed by atoms with Crippen LogP contribution in [0.2, 0.25) is 0 Å². The van der Waals surface area contributed by atoms with Crippen LogP contribution in [0.1, 0.15) is 45.9 Å². The van der Waals surface area contributed by atoms with Crippen molar-refractivity contribution in [3.63, 3.8) is 0 Å². The molecule has 3 N–H and O–H groups in total. The first-order valence-corrected chi connectivity index (χ1v) is 9.74. The molecular formula is C23H25N3O4. The predicted molar refractivity (Wildman–Crippen MR) is 114 cm³/mol. The van der Waals surface area contributed by atoms with Gasteiger partial charge in [0.1, 0.15) is 11.6 Å². The van der Waals surface area contributed by atoms with Crippen LogP contribution in [0.5, 0.6) is 0 Å². The zero-order valence-corrected chi connectivity index (χ0v) is 17.4. The van der Waals surface area contributed by atoms with Crippen LogP contribution in [0.3, 0.4) is 0 Å². The quantitative estimate of drug-likeness (QED) is 0.565. The van der Waals surface area contributed by atoms with Gasteiger partial charge in [-0.05, 0) is 37.5 Å². The van der Waals surface area contributed by atoms with E-state index >= 15 is 0 Å². The number of para-hydroxylation sites is 1. The molecule has 0 aliphatic carbocycles. The van der Waals surface area contributed by atoms with E-state index in [1.165, 1.54) is 0 Å². The fraction of sp³-hybridized carbons (Fsp3) is 0.261. The first-order valence-electron chi connectivity index (χ1n) is 9.74. The summed E-state index contributed by atoms with van der Waals surface area (Å²) in [6, 6.07) is 13.6. The van der Waals surface area contributed by atoms with Gasteiger partial charge in [-0.2, -0.15) is 0 Å². The van der Waals surface area contributed by atoms with Gasteiger partial charge in [-0.25, -0.2) is 0 Å². The second-order valence-corrected chi connectivity index (χ2v) is 7.51. The van der Waals surface area contributed by atoms with Crippen LogP contribution in [0.25, 0.3) is 11.0 Å². The molecule has 1 atom stereocenters. The van der Waals surface area contributed by atoms with Gasteiger partial charge < -0.3 is 9.73 Å². The Balaban J connectivity index is 1.67. The third-order valence-corrected chi connectivity index (χ3v) is 4.97. The van der Waals surface area contributed by atoms with E-state index < -0.39 is 17.9 Å². The van der Waals surface area contributed by atoms with Crippen molar-refractivity contribution < 1.29 is 18.8 Å². The minimum atomic E-state index is -0.825. The maximum atomic E-state index is 12.7. The molecular weight excluding hydrogens is 382 g/mol. The first kappa shape index (κ1) is 21.1. The third-order valence-electron chi connectivity index (χ3n) is 4.97. The van der Waals surface area contributed by atoms with Crippen molar-refractivity contribution in [1.82, 2.24) is 16.2 Å². The summed E-state index contributed by atoms with van der Waals surface area (Å²) in [6.07, 6.45) is 0. The van der Waals surface area contributed by atoms with E-state index in [9.17, 15) is 14.4 Å². The Morgan fingerprint density at radius 3 is 2.20 bits per heavy atom. The second-order valence-electron chi connectivity index (χ2n) is 7.51. The van der Waals surface area contributed by atoms with Crippen LogP contribution >= 0.6 is 0 Å². The van der Waals surface area contributed by atoms with Gasteiger partial charge in [-0.3, -0.25) is 25.2 Å².